The highest BCUT2D eigenvalue weighted by atomic mass is 16.2. The molecule has 2 heterocycles. The second kappa shape index (κ2) is 5.91. The van der Waals surface area contributed by atoms with Gasteiger partial charge in [0.05, 0.1) is 5.41 Å². The fraction of sp³-hybridized carbons (Fsp3) is 0.786. The largest absolute Gasteiger partial charge is 0.321 e. The van der Waals surface area contributed by atoms with E-state index in [0.29, 0.717) is 13.0 Å². The van der Waals surface area contributed by atoms with Crippen molar-refractivity contribution in [3.05, 3.63) is 0 Å². The van der Waals surface area contributed by atoms with Crippen LogP contribution in [-0.2, 0) is 14.4 Å². The summed E-state index contributed by atoms with van der Waals surface area (Å²) >= 11 is 0. The average molecular weight is 281 g/mol. The van der Waals surface area contributed by atoms with Crippen molar-refractivity contribution in [2.24, 2.45) is 5.41 Å². The smallest absolute Gasteiger partial charge is 0.249 e. The monoisotopic (exact) mass is 281 g/mol. The van der Waals surface area contributed by atoms with E-state index in [0.717, 1.165) is 25.8 Å². The number of hydrogen-bond donors (Lipinski definition) is 2. The topological polar surface area (TPSA) is 78.5 Å². The van der Waals surface area contributed by atoms with Crippen molar-refractivity contribution < 1.29 is 14.4 Å². The van der Waals surface area contributed by atoms with Crippen LogP contribution in [0.25, 0.3) is 0 Å². The summed E-state index contributed by atoms with van der Waals surface area (Å²) in [6.07, 6.45) is 3.02. The Hall–Kier alpha value is -1.43. The van der Waals surface area contributed by atoms with Crippen molar-refractivity contribution in [1.29, 1.82) is 0 Å². The first-order chi connectivity index (χ1) is 9.54. The van der Waals surface area contributed by atoms with E-state index in [1.54, 1.807) is 0 Å². The molecule has 20 heavy (non-hydrogen) atoms. The molecule has 2 saturated heterocycles. The molecule has 0 aromatic rings. The second-order valence-corrected chi connectivity index (χ2v) is 5.68. The van der Waals surface area contributed by atoms with Gasteiger partial charge in [-0.15, -0.1) is 0 Å². The van der Waals surface area contributed by atoms with Gasteiger partial charge in [0.15, 0.2) is 0 Å². The number of piperazine rings is 1. The third kappa shape index (κ3) is 2.57. The highest BCUT2D eigenvalue weighted by Gasteiger charge is 2.45. The summed E-state index contributed by atoms with van der Waals surface area (Å²) in [7, 11) is 0. The zero-order valence-electron chi connectivity index (χ0n) is 12.2. The van der Waals surface area contributed by atoms with E-state index in [1.165, 1.54) is 4.90 Å². The van der Waals surface area contributed by atoms with E-state index in [9.17, 15) is 14.4 Å². The molecular formula is C14H23N3O3. The number of rotatable bonds is 3. The number of imide groups is 1. The maximum atomic E-state index is 12.9. The molecule has 6 nitrogen and oxygen atoms in total. The first kappa shape index (κ1) is 15.0. The molecule has 0 bridgehead atoms. The summed E-state index contributed by atoms with van der Waals surface area (Å²) in [4.78, 5) is 37.9. The van der Waals surface area contributed by atoms with Gasteiger partial charge < -0.3 is 10.2 Å². The molecule has 2 atom stereocenters. The SMILES string of the molecule is CCC1C(=O)NC(=O)CN1C(=O)C1(CC)CCCNC1. The van der Waals surface area contributed by atoms with Crippen molar-refractivity contribution in [3.8, 4) is 0 Å². The van der Waals surface area contributed by atoms with Crippen LogP contribution in [0.5, 0.6) is 0 Å². The van der Waals surface area contributed by atoms with Gasteiger partial charge in [-0.25, -0.2) is 0 Å². The lowest BCUT2D eigenvalue weighted by Gasteiger charge is -2.43. The van der Waals surface area contributed by atoms with Crippen LogP contribution >= 0.6 is 0 Å². The minimum Gasteiger partial charge on any atom is -0.321 e. The number of piperidine rings is 1. The van der Waals surface area contributed by atoms with E-state index < -0.39 is 11.5 Å². The average Bonchev–Trinajstić information content (AvgIpc) is 2.46. The molecule has 0 saturated carbocycles. The predicted molar refractivity (Wildman–Crippen MR) is 73.8 cm³/mol. The molecule has 2 aliphatic rings. The Balaban J connectivity index is 2.24. The van der Waals surface area contributed by atoms with Crippen molar-refractivity contribution in [3.63, 3.8) is 0 Å². The number of nitrogens with one attached hydrogen (secondary N) is 2. The third-order valence-electron chi connectivity index (χ3n) is 4.51. The standard InChI is InChI=1S/C14H23N3O3/c1-3-10-12(19)16-11(18)8-17(10)13(20)14(4-2)6-5-7-15-9-14/h10,15H,3-9H2,1-2H3,(H,16,18,19). The van der Waals surface area contributed by atoms with E-state index in [1.807, 2.05) is 13.8 Å². The third-order valence-corrected chi connectivity index (χ3v) is 4.51. The van der Waals surface area contributed by atoms with Crippen LogP contribution in [0.1, 0.15) is 39.5 Å². The van der Waals surface area contributed by atoms with E-state index in [4.69, 9.17) is 0 Å². The van der Waals surface area contributed by atoms with Gasteiger partial charge >= 0.3 is 0 Å². The molecule has 0 aromatic carbocycles. The lowest BCUT2D eigenvalue weighted by atomic mass is 9.76. The quantitative estimate of drug-likeness (QED) is 0.715. The summed E-state index contributed by atoms with van der Waals surface area (Å²) in [5.74, 6) is -0.794. The lowest BCUT2D eigenvalue weighted by molar-refractivity contribution is -0.157. The number of nitrogens with zero attached hydrogens (tertiary/aromatic N) is 1. The molecule has 2 rings (SSSR count). The van der Waals surface area contributed by atoms with Crippen LogP contribution in [0.3, 0.4) is 0 Å². The summed E-state index contributed by atoms with van der Waals surface area (Å²) in [6.45, 7) is 5.40. The van der Waals surface area contributed by atoms with Gasteiger partial charge in [0.2, 0.25) is 17.7 Å². The predicted octanol–water partition coefficient (Wildman–Crippen LogP) is 0.0298. The second-order valence-electron chi connectivity index (χ2n) is 5.68. The molecule has 3 amide bonds. The van der Waals surface area contributed by atoms with E-state index >= 15 is 0 Å². The van der Waals surface area contributed by atoms with Crippen molar-refractivity contribution in [2.45, 2.75) is 45.6 Å². The Morgan fingerprint density at radius 1 is 1.40 bits per heavy atom. The molecule has 2 N–H and O–H groups in total. The summed E-state index contributed by atoms with van der Waals surface area (Å²) in [6, 6.07) is -0.523. The molecular weight excluding hydrogens is 258 g/mol. The molecule has 6 heteroatoms. The highest BCUT2D eigenvalue weighted by Crippen LogP contribution is 2.33. The minimum absolute atomic E-state index is 0.00910. The molecule has 0 aliphatic carbocycles. The van der Waals surface area contributed by atoms with Crippen LogP contribution in [0.15, 0.2) is 0 Å². The summed E-state index contributed by atoms with van der Waals surface area (Å²) in [5.41, 5.74) is -0.469. The normalized spacial score (nSPS) is 31.1. The van der Waals surface area contributed by atoms with Gasteiger partial charge in [-0.05, 0) is 32.2 Å². The first-order valence-corrected chi connectivity index (χ1v) is 7.39. The van der Waals surface area contributed by atoms with Crippen LogP contribution in [0.4, 0.5) is 0 Å². The maximum absolute atomic E-state index is 12.9. The summed E-state index contributed by atoms with van der Waals surface area (Å²) in [5, 5.41) is 5.58. The Morgan fingerprint density at radius 3 is 2.70 bits per heavy atom. The van der Waals surface area contributed by atoms with Crippen molar-refractivity contribution in [2.75, 3.05) is 19.6 Å². The lowest BCUT2D eigenvalue weighted by Crippen LogP contribution is -2.63. The zero-order valence-corrected chi connectivity index (χ0v) is 12.2. The summed E-state index contributed by atoms with van der Waals surface area (Å²) < 4.78 is 0. The molecule has 0 radical (unpaired) electrons. The minimum atomic E-state index is -0.523. The number of amides is 3. The number of carbonyl (C=O) groups excluding carboxylic acids is 3. The molecule has 0 aromatic heterocycles. The highest BCUT2D eigenvalue weighted by molar-refractivity contribution is 6.04. The maximum Gasteiger partial charge on any atom is 0.249 e. The van der Waals surface area contributed by atoms with Crippen LogP contribution in [0, 0.1) is 5.41 Å². The Morgan fingerprint density at radius 2 is 2.15 bits per heavy atom. The Kier molecular flexibility index (Phi) is 4.42. The zero-order chi connectivity index (χ0) is 14.8. The van der Waals surface area contributed by atoms with Gasteiger partial charge in [-0.3, -0.25) is 19.7 Å². The Labute approximate surface area is 119 Å². The van der Waals surface area contributed by atoms with Crippen LogP contribution in [0.2, 0.25) is 0 Å². The van der Waals surface area contributed by atoms with Gasteiger partial charge in [-0.2, -0.15) is 0 Å². The van der Waals surface area contributed by atoms with Crippen molar-refractivity contribution in [1.82, 2.24) is 15.5 Å². The van der Waals surface area contributed by atoms with E-state index in [-0.39, 0.29) is 24.3 Å². The Bertz CT molecular complexity index is 416. The fourth-order valence-corrected chi connectivity index (χ4v) is 3.19. The van der Waals surface area contributed by atoms with Crippen molar-refractivity contribution >= 4 is 17.7 Å². The van der Waals surface area contributed by atoms with E-state index in [2.05, 4.69) is 10.6 Å². The number of carbonyl (C=O) groups is 3. The van der Waals surface area contributed by atoms with Crippen LogP contribution in [-0.4, -0.2) is 48.3 Å². The van der Waals surface area contributed by atoms with Crippen LogP contribution < -0.4 is 10.6 Å². The molecule has 2 aliphatic heterocycles. The number of hydrogen-bond acceptors (Lipinski definition) is 4. The fourth-order valence-electron chi connectivity index (χ4n) is 3.19. The van der Waals surface area contributed by atoms with Gasteiger partial charge in [0.1, 0.15) is 12.6 Å². The van der Waals surface area contributed by atoms with Gasteiger partial charge in [0.25, 0.3) is 0 Å². The molecule has 112 valence electrons. The molecule has 2 unspecified atom stereocenters. The van der Waals surface area contributed by atoms with Gasteiger partial charge in [0, 0.05) is 6.54 Å². The first-order valence-electron chi connectivity index (χ1n) is 7.39. The van der Waals surface area contributed by atoms with Gasteiger partial charge in [-0.1, -0.05) is 13.8 Å². The molecule has 0 spiro atoms. The molecule has 2 fully saturated rings.